The van der Waals surface area contributed by atoms with Crippen LogP contribution in [0.2, 0.25) is 0 Å². The van der Waals surface area contributed by atoms with Crippen LogP contribution in [0.1, 0.15) is 49.0 Å². The maximum Gasteiger partial charge on any atom is 0.272 e. The summed E-state index contributed by atoms with van der Waals surface area (Å²) in [5, 5.41) is 3.15. The highest BCUT2D eigenvalue weighted by Gasteiger charge is 2.44. The van der Waals surface area contributed by atoms with Crippen LogP contribution in [-0.4, -0.2) is 53.0 Å². The predicted octanol–water partition coefficient (Wildman–Crippen LogP) is 2.56. The van der Waals surface area contributed by atoms with E-state index < -0.39 is 0 Å². The van der Waals surface area contributed by atoms with E-state index in [0.717, 1.165) is 38.5 Å². The Hall–Kier alpha value is -2.21. The number of amides is 2. The minimum atomic E-state index is -0.133. The lowest BCUT2D eigenvalue weighted by Crippen LogP contribution is -2.47. The number of nitrogens with one attached hydrogen (secondary N) is 1. The summed E-state index contributed by atoms with van der Waals surface area (Å²) in [5.74, 6) is 1.41. The molecule has 6 heteroatoms. The second-order valence-electron chi connectivity index (χ2n) is 9.10. The first-order valence-electron chi connectivity index (χ1n) is 11.0. The van der Waals surface area contributed by atoms with Crippen molar-refractivity contribution >= 4 is 11.8 Å². The molecule has 0 radical (unpaired) electrons. The molecule has 3 heterocycles. The Bertz CT molecular complexity index is 801. The molecule has 2 aliphatic heterocycles. The number of allylic oxidation sites excluding steroid dienone is 2. The molecule has 2 bridgehead atoms. The van der Waals surface area contributed by atoms with Gasteiger partial charge in [0.05, 0.1) is 11.7 Å². The smallest absolute Gasteiger partial charge is 0.272 e. The van der Waals surface area contributed by atoms with E-state index in [4.69, 9.17) is 4.74 Å². The lowest BCUT2D eigenvalue weighted by Gasteiger charge is -2.39. The summed E-state index contributed by atoms with van der Waals surface area (Å²) in [6.07, 6.45) is 12.1. The molecule has 4 atom stereocenters. The molecular weight excluding hydrogens is 366 g/mol. The second kappa shape index (κ2) is 7.56. The molecule has 1 aromatic heterocycles. The molecule has 1 saturated carbocycles. The molecular formula is C23H29N3O3. The maximum absolute atomic E-state index is 12.6. The number of fused-ring (bicyclic) bond motifs is 2. The fraction of sp³-hybridized carbons (Fsp3) is 0.609. The number of pyridine rings is 1. The van der Waals surface area contributed by atoms with Crippen molar-refractivity contribution in [2.24, 2.45) is 17.8 Å². The van der Waals surface area contributed by atoms with Crippen LogP contribution in [0.4, 0.5) is 0 Å². The first-order valence-corrected chi connectivity index (χ1v) is 11.0. The third-order valence-electron chi connectivity index (χ3n) is 7.30. The number of nitrogens with zero attached hydrogens (tertiary/aromatic N) is 2. The summed E-state index contributed by atoms with van der Waals surface area (Å²) in [4.78, 5) is 31.2. The number of carbonyl (C=O) groups is 2. The van der Waals surface area contributed by atoms with Crippen LogP contribution >= 0.6 is 0 Å². The van der Waals surface area contributed by atoms with Gasteiger partial charge in [-0.3, -0.25) is 14.6 Å². The first-order chi connectivity index (χ1) is 14.1. The highest BCUT2D eigenvalue weighted by atomic mass is 16.5. The Labute approximate surface area is 171 Å². The molecule has 2 amide bonds. The summed E-state index contributed by atoms with van der Waals surface area (Å²) in [6.45, 7) is 2.01. The van der Waals surface area contributed by atoms with Crippen molar-refractivity contribution in [1.29, 1.82) is 0 Å². The van der Waals surface area contributed by atoms with Gasteiger partial charge < -0.3 is 15.0 Å². The largest absolute Gasteiger partial charge is 0.370 e. The van der Waals surface area contributed by atoms with Crippen molar-refractivity contribution in [2.45, 2.75) is 50.2 Å². The zero-order valence-electron chi connectivity index (χ0n) is 16.8. The third-order valence-corrected chi connectivity index (χ3v) is 7.30. The van der Waals surface area contributed by atoms with Gasteiger partial charge in [0.1, 0.15) is 5.69 Å². The van der Waals surface area contributed by atoms with E-state index in [1.807, 2.05) is 17.0 Å². The number of aromatic nitrogens is 1. The monoisotopic (exact) mass is 395 g/mol. The van der Waals surface area contributed by atoms with Crippen LogP contribution in [0.5, 0.6) is 0 Å². The van der Waals surface area contributed by atoms with Gasteiger partial charge in [-0.25, -0.2) is 0 Å². The molecule has 1 N–H and O–H groups in total. The van der Waals surface area contributed by atoms with E-state index in [9.17, 15) is 9.59 Å². The third kappa shape index (κ3) is 3.70. The maximum atomic E-state index is 12.6. The van der Waals surface area contributed by atoms with Crippen LogP contribution in [0.25, 0.3) is 0 Å². The van der Waals surface area contributed by atoms with E-state index in [1.165, 1.54) is 0 Å². The molecule has 5 rings (SSSR count). The van der Waals surface area contributed by atoms with E-state index in [-0.39, 0.29) is 29.4 Å². The van der Waals surface area contributed by atoms with Gasteiger partial charge in [0.2, 0.25) is 5.91 Å². The zero-order valence-corrected chi connectivity index (χ0v) is 16.8. The van der Waals surface area contributed by atoms with Gasteiger partial charge in [-0.1, -0.05) is 18.2 Å². The summed E-state index contributed by atoms with van der Waals surface area (Å²) >= 11 is 0. The van der Waals surface area contributed by atoms with Crippen LogP contribution in [0, 0.1) is 17.8 Å². The van der Waals surface area contributed by atoms with E-state index in [2.05, 4.69) is 22.5 Å². The van der Waals surface area contributed by atoms with E-state index in [1.54, 1.807) is 12.3 Å². The topological polar surface area (TPSA) is 71.5 Å². The normalized spacial score (nSPS) is 32.1. The highest BCUT2D eigenvalue weighted by Crippen LogP contribution is 2.43. The summed E-state index contributed by atoms with van der Waals surface area (Å²) in [5.41, 5.74) is 0.373. The number of carbonyl (C=O) groups excluding carboxylic acids is 2. The molecule has 2 saturated heterocycles. The standard InChI is InChI=1S/C23H29N3O3/c27-21(19-14-16-4-5-17(19)13-16)25-15-18-6-7-23(29-18)8-11-26(12-9-23)22(28)20-3-1-2-10-24-20/h1-5,10,16-19H,6-9,11-15H2,(H,25,27)/t16-,17+,18-,19-/m1/s1. The fourth-order valence-corrected chi connectivity index (χ4v) is 5.60. The lowest BCUT2D eigenvalue weighted by molar-refractivity contribution is -0.127. The number of likely N-dealkylation sites (tertiary alicyclic amines) is 1. The Kier molecular flexibility index (Phi) is 4.90. The van der Waals surface area contributed by atoms with Gasteiger partial charge >= 0.3 is 0 Å². The number of rotatable bonds is 4. The molecule has 1 aromatic rings. The van der Waals surface area contributed by atoms with Gasteiger partial charge in [0, 0.05) is 31.7 Å². The molecule has 0 aromatic carbocycles. The first kappa shape index (κ1) is 18.8. The number of hydrogen-bond acceptors (Lipinski definition) is 4. The molecule has 29 heavy (non-hydrogen) atoms. The van der Waals surface area contributed by atoms with Crippen molar-refractivity contribution in [2.75, 3.05) is 19.6 Å². The summed E-state index contributed by atoms with van der Waals surface area (Å²) in [6, 6.07) is 5.43. The number of piperidine rings is 1. The molecule has 1 spiro atoms. The summed E-state index contributed by atoms with van der Waals surface area (Å²) in [7, 11) is 0. The van der Waals surface area contributed by atoms with Crippen LogP contribution in [0.3, 0.4) is 0 Å². The quantitative estimate of drug-likeness (QED) is 0.796. The number of hydrogen-bond donors (Lipinski definition) is 1. The Balaban J connectivity index is 1.09. The molecule has 4 aliphatic rings. The Morgan fingerprint density at radius 2 is 2.03 bits per heavy atom. The highest BCUT2D eigenvalue weighted by molar-refractivity contribution is 5.92. The fourth-order valence-electron chi connectivity index (χ4n) is 5.60. The van der Waals surface area contributed by atoms with Gasteiger partial charge in [0.15, 0.2) is 0 Å². The van der Waals surface area contributed by atoms with Crippen LogP contribution in [0.15, 0.2) is 36.5 Å². The second-order valence-corrected chi connectivity index (χ2v) is 9.10. The van der Waals surface area contributed by atoms with Crippen molar-refractivity contribution < 1.29 is 14.3 Å². The average molecular weight is 396 g/mol. The minimum absolute atomic E-state index is 0.00201. The van der Waals surface area contributed by atoms with E-state index in [0.29, 0.717) is 37.2 Å². The Morgan fingerprint density at radius 1 is 1.17 bits per heavy atom. The van der Waals surface area contributed by atoms with Crippen molar-refractivity contribution in [3.8, 4) is 0 Å². The summed E-state index contributed by atoms with van der Waals surface area (Å²) < 4.78 is 6.42. The van der Waals surface area contributed by atoms with Crippen LogP contribution in [-0.2, 0) is 9.53 Å². The van der Waals surface area contributed by atoms with Crippen molar-refractivity contribution in [3.05, 3.63) is 42.2 Å². The molecule has 3 fully saturated rings. The Morgan fingerprint density at radius 3 is 2.72 bits per heavy atom. The molecule has 0 unspecified atom stereocenters. The van der Waals surface area contributed by atoms with Gasteiger partial charge in [-0.05, 0) is 62.5 Å². The van der Waals surface area contributed by atoms with Crippen LogP contribution < -0.4 is 5.32 Å². The van der Waals surface area contributed by atoms with Gasteiger partial charge in [-0.2, -0.15) is 0 Å². The van der Waals surface area contributed by atoms with Gasteiger partial charge in [-0.15, -0.1) is 0 Å². The van der Waals surface area contributed by atoms with Gasteiger partial charge in [0.25, 0.3) is 5.91 Å². The molecule has 2 aliphatic carbocycles. The number of ether oxygens (including phenoxy) is 1. The molecule has 154 valence electrons. The molecule has 6 nitrogen and oxygen atoms in total. The minimum Gasteiger partial charge on any atom is -0.370 e. The van der Waals surface area contributed by atoms with Crippen molar-refractivity contribution in [3.63, 3.8) is 0 Å². The van der Waals surface area contributed by atoms with E-state index >= 15 is 0 Å². The predicted molar refractivity (Wildman–Crippen MR) is 108 cm³/mol. The van der Waals surface area contributed by atoms with Crippen molar-refractivity contribution in [1.82, 2.24) is 15.2 Å². The lowest BCUT2D eigenvalue weighted by atomic mass is 9.88. The SMILES string of the molecule is O=C(NC[C@H]1CCC2(CCN(C(=O)c3ccccn3)CC2)O1)[C@@H]1C[C@@H]2C=C[C@H]1C2. The average Bonchev–Trinajstić information content (AvgIpc) is 3.49. The zero-order chi connectivity index (χ0) is 19.8.